The summed E-state index contributed by atoms with van der Waals surface area (Å²) in [6, 6.07) is 2.54. The normalized spacial score (nSPS) is 16.0. The molecule has 1 saturated heterocycles. The van der Waals surface area contributed by atoms with Crippen molar-refractivity contribution in [3.05, 3.63) is 36.7 Å². The van der Waals surface area contributed by atoms with Crippen molar-refractivity contribution in [2.45, 2.75) is 32.2 Å². The molecule has 1 aliphatic heterocycles. The van der Waals surface area contributed by atoms with Crippen LogP contribution in [0.25, 0.3) is 0 Å². The molecule has 0 radical (unpaired) electrons. The van der Waals surface area contributed by atoms with E-state index in [9.17, 15) is 0 Å². The minimum absolute atomic E-state index is 0.449. The van der Waals surface area contributed by atoms with Crippen molar-refractivity contribution in [2.75, 3.05) is 23.3 Å². The molecule has 0 aromatic carbocycles. The standard InChI is InChI=1S/C15H20N6/c1-2-12-9-15(19-11-18-12)21-7-3-13(4-8-21)20-14-10-16-5-6-17-14/h5-6,9-11,13H,2-4,7-8H2,1H3,(H,17,20). The molecule has 1 N–H and O–H groups in total. The average molecular weight is 284 g/mol. The number of anilines is 2. The second kappa shape index (κ2) is 6.47. The molecule has 1 aliphatic rings. The van der Waals surface area contributed by atoms with Crippen LogP contribution in [0.2, 0.25) is 0 Å². The maximum Gasteiger partial charge on any atom is 0.144 e. The summed E-state index contributed by atoms with van der Waals surface area (Å²) in [7, 11) is 0. The molecule has 3 rings (SSSR count). The maximum atomic E-state index is 4.39. The zero-order chi connectivity index (χ0) is 14.5. The summed E-state index contributed by atoms with van der Waals surface area (Å²) in [5.74, 6) is 1.89. The Balaban J connectivity index is 1.57. The van der Waals surface area contributed by atoms with Gasteiger partial charge in [-0.3, -0.25) is 4.98 Å². The number of rotatable bonds is 4. The van der Waals surface area contributed by atoms with Crippen molar-refractivity contribution in [2.24, 2.45) is 0 Å². The van der Waals surface area contributed by atoms with Crippen LogP contribution in [0.1, 0.15) is 25.5 Å². The minimum atomic E-state index is 0.449. The number of nitrogens with one attached hydrogen (secondary N) is 1. The Labute approximate surface area is 124 Å². The van der Waals surface area contributed by atoms with Crippen LogP contribution in [0.15, 0.2) is 31.0 Å². The largest absolute Gasteiger partial charge is 0.366 e. The van der Waals surface area contributed by atoms with Crippen LogP contribution in [0.5, 0.6) is 0 Å². The van der Waals surface area contributed by atoms with Crippen molar-refractivity contribution < 1.29 is 0 Å². The van der Waals surface area contributed by atoms with Crippen LogP contribution < -0.4 is 10.2 Å². The molecule has 0 bridgehead atoms. The summed E-state index contributed by atoms with van der Waals surface area (Å²) in [6.07, 6.45) is 9.92. The number of hydrogen-bond acceptors (Lipinski definition) is 6. The van der Waals surface area contributed by atoms with Crippen LogP contribution in [-0.4, -0.2) is 39.1 Å². The Morgan fingerprint density at radius 3 is 2.76 bits per heavy atom. The van der Waals surface area contributed by atoms with Gasteiger partial charge < -0.3 is 10.2 Å². The molecular formula is C15H20N6. The summed E-state index contributed by atoms with van der Waals surface area (Å²) in [6.45, 7) is 4.11. The fraction of sp³-hybridized carbons (Fsp3) is 0.467. The highest BCUT2D eigenvalue weighted by molar-refractivity contribution is 5.40. The van der Waals surface area contributed by atoms with Gasteiger partial charge in [0.15, 0.2) is 0 Å². The molecular weight excluding hydrogens is 264 g/mol. The van der Waals surface area contributed by atoms with Gasteiger partial charge in [-0.05, 0) is 19.3 Å². The predicted octanol–water partition coefficient (Wildman–Crippen LogP) is 1.91. The lowest BCUT2D eigenvalue weighted by atomic mass is 10.1. The van der Waals surface area contributed by atoms with Gasteiger partial charge in [0.05, 0.1) is 6.20 Å². The van der Waals surface area contributed by atoms with Gasteiger partial charge in [-0.15, -0.1) is 0 Å². The Kier molecular flexibility index (Phi) is 4.23. The number of aromatic nitrogens is 4. The number of piperidine rings is 1. The molecule has 0 unspecified atom stereocenters. The predicted molar refractivity (Wildman–Crippen MR) is 82.3 cm³/mol. The summed E-state index contributed by atoms with van der Waals surface area (Å²) < 4.78 is 0. The van der Waals surface area contributed by atoms with E-state index in [0.29, 0.717) is 6.04 Å². The third kappa shape index (κ3) is 3.45. The van der Waals surface area contributed by atoms with Crippen molar-refractivity contribution in [3.8, 4) is 0 Å². The molecule has 0 aliphatic carbocycles. The van der Waals surface area contributed by atoms with E-state index < -0.39 is 0 Å². The summed E-state index contributed by atoms with van der Waals surface area (Å²) >= 11 is 0. The van der Waals surface area contributed by atoms with Crippen LogP contribution in [0.3, 0.4) is 0 Å². The van der Waals surface area contributed by atoms with Gasteiger partial charge in [-0.2, -0.15) is 0 Å². The Hall–Kier alpha value is -2.24. The molecule has 2 aromatic heterocycles. The van der Waals surface area contributed by atoms with Crippen molar-refractivity contribution in [3.63, 3.8) is 0 Å². The monoisotopic (exact) mass is 284 g/mol. The van der Waals surface area contributed by atoms with E-state index >= 15 is 0 Å². The van der Waals surface area contributed by atoms with Crippen molar-refractivity contribution in [1.29, 1.82) is 0 Å². The summed E-state index contributed by atoms with van der Waals surface area (Å²) in [4.78, 5) is 19.3. The lowest BCUT2D eigenvalue weighted by molar-refractivity contribution is 0.522. The SMILES string of the molecule is CCc1cc(N2CCC(Nc3cnccn3)CC2)ncn1. The molecule has 2 aromatic rings. The third-order valence-electron chi connectivity index (χ3n) is 3.81. The molecule has 0 saturated carbocycles. The highest BCUT2D eigenvalue weighted by atomic mass is 15.2. The van der Waals surface area contributed by atoms with E-state index in [1.807, 2.05) is 0 Å². The van der Waals surface area contributed by atoms with Crippen molar-refractivity contribution in [1.82, 2.24) is 19.9 Å². The number of nitrogens with zero attached hydrogens (tertiary/aromatic N) is 5. The summed E-state index contributed by atoms with van der Waals surface area (Å²) in [5.41, 5.74) is 1.10. The molecule has 0 spiro atoms. The second-order valence-corrected chi connectivity index (χ2v) is 5.22. The fourth-order valence-electron chi connectivity index (χ4n) is 2.59. The average Bonchev–Trinajstić information content (AvgIpc) is 2.56. The smallest absolute Gasteiger partial charge is 0.144 e. The quantitative estimate of drug-likeness (QED) is 0.925. The van der Waals surface area contributed by atoms with Crippen LogP contribution >= 0.6 is 0 Å². The molecule has 6 nitrogen and oxygen atoms in total. The molecule has 0 amide bonds. The van der Waals surface area contributed by atoms with Crippen molar-refractivity contribution >= 4 is 11.6 Å². The molecule has 0 atom stereocenters. The highest BCUT2D eigenvalue weighted by Gasteiger charge is 2.20. The van der Waals surface area contributed by atoms with Gasteiger partial charge >= 0.3 is 0 Å². The van der Waals surface area contributed by atoms with Crippen LogP contribution in [-0.2, 0) is 6.42 Å². The van der Waals surface area contributed by atoms with E-state index in [2.05, 4.69) is 43.1 Å². The molecule has 21 heavy (non-hydrogen) atoms. The first-order chi connectivity index (χ1) is 10.3. The molecule has 110 valence electrons. The van der Waals surface area contributed by atoms with Gasteiger partial charge in [0.25, 0.3) is 0 Å². The van der Waals surface area contributed by atoms with Gasteiger partial charge in [0.2, 0.25) is 0 Å². The second-order valence-electron chi connectivity index (χ2n) is 5.22. The van der Waals surface area contributed by atoms with E-state index in [4.69, 9.17) is 0 Å². The first-order valence-electron chi connectivity index (χ1n) is 7.43. The Bertz CT molecular complexity index is 565. The van der Waals surface area contributed by atoms with Gasteiger partial charge in [-0.25, -0.2) is 15.0 Å². The number of hydrogen-bond donors (Lipinski definition) is 1. The number of aryl methyl sites for hydroxylation is 1. The van der Waals surface area contributed by atoms with Gasteiger partial charge in [0, 0.05) is 43.3 Å². The topological polar surface area (TPSA) is 66.8 Å². The highest BCUT2D eigenvalue weighted by Crippen LogP contribution is 2.20. The first-order valence-corrected chi connectivity index (χ1v) is 7.43. The Morgan fingerprint density at radius 2 is 2.05 bits per heavy atom. The lowest BCUT2D eigenvalue weighted by Crippen LogP contribution is -2.39. The Morgan fingerprint density at radius 1 is 1.19 bits per heavy atom. The zero-order valence-corrected chi connectivity index (χ0v) is 12.2. The lowest BCUT2D eigenvalue weighted by Gasteiger charge is -2.33. The molecule has 6 heteroatoms. The van der Waals surface area contributed by atoms with E-state index in [1.165, 1.54) is 0 Å². The summed E-state index contributed by atoms with van der Waals surface area (Å²) in [5, 5.41) is 3.44. The van der Waals surface area contributed by atoms with Crippen LogP contribution in [0, 0.1) is 0 Å². The van der Waals surface area contributed by atoms with Gasteiger partial charge in [-0.1, -0.05) is 6.92 Å². The zero-order valence-electron chi connectivity index (χ0n) is 12.2. The fourth-order valence-corrected chi connectivity index (χ4v) is 2.59. The van der Waals surface area contributed by atoms with E-state index in [1.54, 1.807) is 24.9 Å². The third-order valence-corrected chi connectivity index (χ3v) is 3.81. The van der Waals surface area contributed by atoms with E-state index in [0.717, 1.165) is 49.7 Å². The first kappa shape index (κ1) is 13.7. The van der Waals surface area contributed by atoms with E-state index in [-0.39, 0.29) is 0 Å². The van der Waals surface area contributed by atoms with Gasteiger partial charge in [0.1, 0.15) is 18.0 Å². The minimum Gasteiger partial charge on any atom is -0.366 e. The maximum absolute atomic E-state index is 4.39. The molecule has 1 fully saturated rings. The van der Waals surface area contributed by atoms with Crippen LogP contribution in [0.4, 0.5) is 11.6 Å². The molecule has 3 heterocycles.